The van der Waals surface area contributed by atoms with Gasteiger partial charge >= 0.3 is 0 Å². The molecule has 4 heterocycles. The minimum absolute atomic E-state index is 0. The number of benzene rings is 3. The van der Waals surface area contributed by atoms with Gasteiger partial charge in [-0.25, -0.2) is 4.98 Å². The average Bonchev–Trinajstić information content (AvgIpc) is 3.71. The number of fused-ring (bicyclic) bond motifs is 3. The molecule has 0 N–H and O–H groups in total. The van der Waals surface area contributed by atoms with E-state index in [9.17, 15) is 0 Å². The molecule has 58 heavy (non-hydrogen) atoms. The van der Waals surface area contributed by atoms with Gasteiger partial charge < -0.3 is 18.9 Å². The second-order valence-electron chi connectivity index (χ2n) is 20.8. The first-order valence-electron chi connectivity index (χ1n) is 20.1. The number of hydrogen-bond donors (Lipinski definition) is 0. The molecule has 0 aliphatic rings. The molecule has 6 nitrogen and oxygen atoms in total. The number of hydrogen-bond acceptors (Lipinski definition) is 3. The molecule has 7 heteroatoms. The van der Waals surface area contributed by atoms with E-state index in [1.165, 1.54) is 22.3 Å². The first-order chi connectivity index (χ1) is 26.4. The largest absolute Gasteiger partial charge is 0.508 e. The first kappa shape index (κ1) is 43.0. The van der Waals surface area contributed by atoms with Crippen LogP contribution in [0.3, 0.4) is 0 Å². The molecule has 306 valence electrons. The number of imidazole rings is 1. The molecule has 0 aliphatic heterocycles. The van der Waals surface area contributed by atoms with Gasteiger partial charge in [0.25, 0.3) is 6.33 Å². The van der Waals surface area contributed by atoms with Crippen molar-refractivity contribution in [3.63, 3.8) is 0 Å². The zero-order chi connectivity index (χ0) is 41.5. The number of pyridine rings is 2. The van der Waals surface area contributed by atoms with Crippen molar-refractivity contribution in [1.82, 2.24) is 19.1 Å². The SMILES string of the molecule is CC(C)(C)c1cc(-[n+]2[c-]n(-c3[c-]c(Oc4[c-]c5c(cc4)c4cc(C(C)(C)C)ccc4n5-c4cc(C(C)(C)C)ccn4)cnc3)cc2C(C)(C)C)cc(C(C)(C)C)c1.[Pt]. The summed E-state index contributed by atoms with van der Waals surface area (Å²) >= 11 is 0. The molecule has 0 saturated heterocycles. The predicted octanol–water partition coefficient (Wildman–Crippen LogP) is 12.3. The quantitative estimate of drug-likeness (QED) is 0.128. The third-order valence-electron chi connectivity index (χ3n) is 10.9. The Labute approximate surface area is 361 Å². The van der Waals surface area contributed by atoms with Gasteiger partial charge in [-0.3, -0.25) is 4.57 Å². The Balaban J connectivity index is 0.00000567. The summed E-state index contributed by atoms with van der Waals surface area (Å²) in [6.07, 6.45) is 11.2. The van der Waals surface area contributed by atoms with Crippen molar-refractivity contribution in [1.29, 1.82) is 0 Å². The molecule has 4 aromatic heterocycles. The van der Waals surface area contributed by atoms with Crippen molar-refractivity contribution < 1.29 is 30.4 Å². The van der Waals surface area contributed by atoms with Gasteiger partial charge in [0.2, 0.25) is 0 Å². The normalized spacial score (nSPS) is 12.9. The van der Waals surface area contributed by atoms with Gasteiger partial charge in [0.1, 0.15) is 5.82 Å². The Kier molecular flexibility index (Phi) is 11.1. The maximum atomic E-state index is 6.55. The van der Waals surface area contributed by atoms with Gasteiger partial charge in [0, 0.05) is 50.5 Å². The number of nitrogens with zero attached hydrogens (tertiary/aromatic N) is 5. The van der Waals surface area contributed by atoms with Crippen molar-refractivity contribution in [2.75, 3.05) is 0 Å². The van der Waals surface area contributed by atoms with E-state index >= 15 is 0 Å². The van der Waals surface area contributed by atoms with Crippen molar-refractivity contribution in [3.8, 4) is 28.7 Å². The van der Waals surface area contributed by atoms with Crippen LogP contribution in [0, 0.1) is 18.5 Å². The summed E-state index contributed by atoms with van der Waals surface area (Å²) in [4.78, 5) is 9.50. The van der Waals surface area contributed by atoms with E-state index in [0.717, 1.165) is 44.7 Å². The van der Waals surface area contributed by atoms with Crippen LogP contribution in [-0.2, 0) is 48.1 Å². The zero-order valence-corrected chi connectivity index (χ0v) is 39.3. The molecule has 7 rings (SSSR count). The standard InChI is InChI=1S/C51H59N5O.Pt/c1-47(2,3)33-16-19-43-42(25-33)41-18-17-39(28-44(41)56(43)46-26-34(20-21-53-46)48(4,5)6)57-40-27-38(29-52-30-40)54-31-45(51(13,14)15)55(32-54)37-23-35(49(7,8)9)22-36(24-37)50(10,11)12;/h16-26,29-31H,1-15H3;/q-2;. The summed E-state index contributed by atoms with van der Waals surface area (Å²) in [5.74, 6) is 1.91. The smallest absolute Gasteiger partial charge is 0.267 e. The fourth-order valence-electron chi connectivity index (χ4n) is 7.18. The molecule has 0 amide bonds. The Morgan fingerprint density at radius 3 is 1.81 bits per heavy atom. The fourth-order valence-corrected chi connectivity index (χ4v) is 7.18. The van der Waals surface area contributed by atoms with E-state index in [0.29, 0.717) is 11.5 Å². The van der Waals surface area contributed by atoms with Gasteiger partial charge in [-0.15, -0.1) is 23.6 Å². The van der Waals surface area contributed by atoms with Gasteiger partial charge in [-0.05, 0) is 96.9 Å². The Hall–Kier alpha value is -4.54. The molecule has 0 saturated carbocycles. The van der Waals surface area contributed by atoms with Crippen LogP contribution < -0.4 is 9.30 Å². The molecular weight excluding hydrogens is 894 g/mol. The maximum absolute atomic E-state index is 6.55. The molecule has 0 spiro atoms. The minimum Gasteiger partial charge on any atom is -0.508 e. The number of aromatic nitrogens is 5. The summed E-state index contributed by atoms with van der Waals surface area (Å²) < 4.78 is 12.9. The second kappa shape index (κ2) is 14.9. The number of rotatable bonds is 5. The van der Waals surface area contributed by atoms with Crippen LogP contribution in [0.1, 0.15) is 132 Å². The van der Waals surface area contributed by atoms with Crippen molar-refractivity contribution in [2.45, 2.75) is 131 Å². The summed E-state index contributed by atoms with van der Waals surface area (Å²) in [6.45, 7) is 33.8. The monoisotopic (exact) mass is 952 g/mol. The first-order valence-corrected chi connectivity index (χ1v) is 20.1. The van der Waals surface area contributed by atoms with Crippen molar-refractivity contribution >= 4 is 21.8 Å². The molecule has 0 atom stereocenters. The van der Waals surface area contributed by atoms with E-state index in [1.807, 2.05) is 16.8 Å². The van der Waals surface area contributed by atoms with E-state index < -0.39 is 0 Å². The van der Waals surface area contributed by atoms with Gasteiger partial charge in [-0.2, -0.15) is 6.07 Å². The molecule has 0 radical (unpaired) electrons. The van der Waals surface area contributed by atoms with Crippen LogP contribution in [0.15, 0.2) is 85.5 Å². The van der Waals surface area contributed by atoms with E-state index in [1.54, 1.807) is 12.4 Å². The summed E-state index contributed by atoms with van der Waals surface area (Å²) in [5, 5.41) is 2.25. The van der Waals surface area contributed by atoms with Crippen LogP contribution in [0.25, 0.3) is 39.0 Å². The molecule has 0 aliphatic carbocycles. The van der Waals surface area contributed by atoms with Gasteiger partial charge in [-0.1, -0.05) is 134 Å². The van der Waals surface area contributed by atoms with Crippen LogP contribution in [-0.4, -0.2) is 19.1 Å². The average molecular weight is 953 g/mol. The van der Waals surface area contributed by atoms with E-state index in [-0.39, 0.29) is 48.1 Å². The third-order valence-corrected chi connectivity index (χ3v) is 10.9. The molecular formula is C51H59N5OPt-2. The molecule has 0 bridgehead atoms. The molecule has 0 unspecified atom stereocenters. The van der Waals surface area contributed by atoms with Crippen LogP contribution in [0.4, 0.5) is 0 Å². The fraction of sp³-hybridized carbons (Fsp3) is 0.392. The Morgan fingerprint density at radius 1 is 0.586 bits per heavy atom. The van der Waals surface area contributed by atoms with Crippen molar-refractivity contribution in [3.05, 3.63) is 132 Å². The van der Waals surface area contributed by atoms with Gasteiger partial charge in [0.05, 0.1) is 11.4 Å². The number of ether oxygens (including phenoxy) is 1. The van der Waals surface area contributed by atoms with Gasteiger partial charge in [0.15, 0.2) is 0 Å². The van der Waals surface area contributed by atoms with E-state index in [2.05, 4.69) is 197 Å². The third kappa shape index (κ3) is 8.60. The summed E-state index contributed by atoms with van der Waals surface area (Å²) in [6, 6.07) is 29.2. The zero-order valence-electron chi connectivity index (χ0n) is 37.0. The second-order valence-corrected chi connectivity index (χ2v) is 20.8. The maximum Gasteiger partial charge on any atom is 0.267 e. The van der Waals surface area contributed by atoms with Crippen LogP contribution in [0.2, 0.25) is 0 Å². The minimum atomic E-state index is -0.166. The van der Waals surface area contributed by atoms with Crippen molar-refractivity contribution in [2.24, 2.45) is 0 Å². The predicted molar refractivity (Wildman–Crippen MR) is 234 cm³/mol. The molecule has 3 aromatic carbocycles. The molecule has 0 fully saturated rings. The van der Waals surface area contributed by atoms with Crippen LogP contribution in [0.5, 0.6) is 11.5 Å². The summed E-state index contributed by atoms with van der Waals surface area (Å²) in [5.41, 5.74) is 9.78. The molecule has 7 aromatic rings. The van der Waals surface area contributed by atoms with E-state index in [4.69, 9.17) is 9.72 Å². The topological polar surface area (TPSA) is 48.8 Å². The van der Waals surface area contributed by atoms with Crippen LogP contribution >= 0.6 is 0 Å². The Bertz CT molecular complexity index is 2600. The summed E-state index contributed by atoms with van der Waals surface area (Å²) in [7, 11) is 0. The Morgan fingerprint density at radius 2 is 1.21 bits per heavy atom.